The van der Waals surface area contributed by atoms with Crippen molar-refractivity contribution in [1.29, 1.82) is 0 Å². The van der Waals surface area contributed by atoms with Gasteiger partial charge in [0, 0.05) is 16.9 Å². The number of carbonyl (C=O) groups is 2. The lowest BCUT2D eigenvalue weighted by atomic mass is 10.3. The summed E-state index contributed by atoms with van der Waals surface area (Å²) in [5, 5.41) is 2.95. The number of hydrogen-bond acceptors (Lipinski definition) is 6. The van der Waals surface area contributed by atoms with Gasteiger partial charge in [-0.2, -0.15) is 0 Å². The van der Waals surface area contributed by atoms with Gasteiger partial charge in [0.2, 0.25) is 0 Å². The number of nitrogens with zero attached hydrogens (tertiary/aromatic N) is 2. The predicted molar refractivity (Wildman–Crippen MR) is 80.7 cm³/mol. The van der Waals surface area contributed by atoms with E-state index in [0.717, 1.165) is 3.79 Å². The zero-order valence-electron chi connectivity index (χ0n) is 9.80. The maximum absolute atomic E-state index is 11.7. The number of ether oxygens (including phenoxy) is 1. The summed E-state index contributed by atoms with van der Waals surface area (Å²) in [7, 11) is 0. The molecule has 0 aromatic carbocycles. The summed E-state index contributed by atoms with van der Waals surface area (Å²) >= 11 is 7.69. The van der Waals surface area contributed by atoms with E-state index in [-0.39, 0.29) is 12.2 Å². The predicted octanol–water partition coefficient (Wildman–Crippen LogP) is 2.86. The summed E-state index contributed by atoms with van der Waals surface area (Å²) in [6.45, 7) is -0.386. The molecule has 2 aromatic rings. The SMILES string of the molecule is O=C(COC(=O)c1cncc(Br)c1)Nc1ncc(Br)s1. The standard InChI is InChI=1S/C11H7Br2N3O3S/c12-7-1-6(2-14-3-7)10(18)19-5-9(17)16-11-15-4-8(13)20-11/h1-4H,5H2,(H,15,16,17). The molecule has 0 atom stereocenters. The number of pyridine rings is 1. The molecule has 0 spiro atoms. The van der Waals surface area contributed by atoms with Crippen molar-refractivity contribution >= 4 is 60.2 Å². The maximum Gasteiger partial charge on any atom is 0.340 e. The van der Waals surface area contributed by atoms with Crippen molar-refractivity contribution in [3.63, 3.8) is 0 Å². The van der Waals surface area contributed by atoms with Gasteiger partial charge in [-0.3, -0.25) is 15.1 Å². The number of hydrogen-bond donors (Lipinski definition) is 1. The van der Waals surface area contributed by atoms with Crippen molar-refractivity contribution in [1.82, 2.24) is 9.97 Å². The van der Waals surface area contributed by atoms with E-state index in [0.29, 0.717) is 9.60 Å². The molecule has 2 aromatic heterocycles. The van der Waals surface area contributed by atoms with Crippen LogP contribution in [0, 0.1) is 0 Å². The molecule has 6 nitrogen and oxygen atoms in total. The first kappa shape index (κ1) is 15.1. The number of aromatic nitrogens is 2. The van der Waals surface area contributed by atoms with Crippen LogP contribution in [0.2, 0.25) is 0 Å². The van der Waals surface area contributed by atoms with E-state index in [1.54, 1.807) is 18.5 Å². The molecule has 0 unspecified atom stereocenters. The van der Waals surface area contributed by atoms with E-state index in [1.807, 2.05) is 0 Å². The summed E-state index contributed by atoms with van der Waals surface area (Å²) in [5.41, 5.74) is 0.268. The number of rotatable bonds is 4. The average Bonchev–Trinajstić information content (AvgIpc) is 2.81. The molecule has 0 aliphatic rings. The van der Waals surface area contributed by atoms with E-state index in [1.165, 1.54) is 17.5 Å². The van der Waals surface area contributed by atoms with Gasteiger partial charge in [-0.1, -0.05) is 11.3 Å². The van der Waals surface area contributed by atoms with Crippen LogP contribution in [-0.4, -0.2) is 28.5 Å². The number of amides is 1. The highest BCUT2D eigenvalue weighted by atomic mass is 79.9. The highest BCUT2D eigenvalue weighted by Gasteiger charge is 2.12. The molecule has 0 saturated heterocycles. The molecule has 1 N–H and O–H groups in total. The third kappa shape index (κ3) is 4.36. The van der Waals surface area contributed by atoms with Crippen molar-refractivity contribution in [3.8, 4) is 0 Å². The lowest BCUT2D eigenvalue weighted by Crippen LogP contribution is -2.20. The van der Waals surface area contributed by atoms with Crippen molar-refractivity contribution in [2.75, 3.05) is 11.9 Å². The van der Waals surface area contributed by atoms with Crippen LogP contribution < -0.4 is 5.32 Å². The molecule has 104 valence electrons. The fraction of sp³-hybridized carbons (Fsp3) is 0.0909. The molecular weight excluding hydrogens is 414 g/mol. The minimum atomic E-state index is -0.616. The summed E-state index contributed by atoms with van der Waals surface area (Å²) in [5.74, 6) is -1.07. The Bertz CT molecular complexity index is 647. The number of carbonyl (C=O) groups excluding carboxylic acids is 2. The van der Waals surface area contributed by atoms with Gasteiger partial charge in [0.1, 0.15) is 0 Å². The Morgan fingerprint density at radius 3 is 2.75 bits per heavy atom. The normalized spacial score (nSPS) is 10.1. The van der Waals surface area contributed by atoms with Crippen LogP contribution in [0.15, 0.2) is 32.9 Å². The fourth-order valence-corrected chi connectivity index (χ4v) is 2.69. The van der Waals surface area contributed by atoms with E-state index < -0.39 is 11.9 Å². The topological polar surface area (TPSA) is 81.2 Å². The van der Waals surface area contributed by atoms with Gasteiger partial charge < -0.3 is 4.74 Å². The second-order valence-electron chi connectivity index (χ2n) is 3.49. The van der Waals surface area contributed by atoms with Gasteiger partial charge in [-0.05, 0) is 37.9 Å². The van der Waals surface area contributed by atoms with Crippen LogP contribution in [0.1, 0.15) is 10.4 Å². The summed E-state index contributed by atoms with van der Waals surface area (Å²) in [6, 6.07) is 1.56. The van der Waals surface area contributed by atoms with Crippen LogP contribution in [0.4, 0.5) is 5.13 Å². The fourth-order valence-electron chi connectivity index (χ4n) is 1.21. The van der Waals surface area contributed by atoms with Crippen molar-refractivity contribution in [2.24, 2.45) is 0 Å². The smallest absolute Gasteiger partial charge is 0.340 e. The van der Waals surface area contributed by atoms with Crippen LogP contribution in [0.5, 0.6) is 0 Å². The zero-order chi connectivity index (χ0) is 14.5. The molecule has 1 amide bonds. The highest BCUT2D eigenvalue weighted by molar-refractivity contribution is 9.11. The minimum Gasteiger partial charge on any atom is -0.452 e. The Labute approximate surface area is 134 Å². The molecule has 0 aliphatic heterocycles. The molecule has 0 aliphatic carbocycles. The first-order chi connectivity index (χ1) is 9.54. The van der Waals surface area contributed by atoms with Crippen LogP contribution in [0.25, 0.3) is 0 Å². The van der Waals surface area contributed by atoms with Crippen molar-refractivity contribution in [3.05, 3.63) is 38.5 Å². The second-order valence-corrected chi connectivity index (χ2v) is 6.81. The Balaban J connectivity index is 1.85. The lowest BCUT2D eigenvalue weighted by molar-refractivity contribution is -0.119. The van der Waals surface area contributed by atoms with E-state index in [4.69, 9.17) is 4.74 Å². The number of nitrogens with one attached hydrogen (secondary N) is 1. The van der Waals surface area contributed by atoms with Gasteiger partial charge in [0.25, 0.3) is 5.91 Å². The van der Waals surface area contributed by atoms with Crippen molar-refractivity contribution < 1.29 is 14.3 Å². The molecule has 0 saturated carbocycles. The number of thiazole rings is 1. The zero-order valence-corrected chi connectivity index (χ0v) is 13.8. The first-order valence-electron chi connectivity index (χ1n) is 5.23. The number of anilines is 1. The molecule has 0 fully saturated rings. The highest BCUT2D eigenvalue weighted by Crippen LogP contribution is 2.22. The number of esters is 1. The average molecular weight is 421 g/mol. The quantitative estimate of drug-likeness (QED) is 0.769. The summed E-state index contributed by atoms with van der Waals surface area (Å²) in [6.07, 6.45) is 4.48. The Kier molecular flexibility index (Phi) is 5.21. The second kappa shape index (κ2) is 6.91. The third-order valence-electron chi connectivity index (χ3n) is 2.00. The Morgan fingerprint density at radius 2 is 2.10 bits per heavy atom. The number of halogens is 2. The maximum atomic E-state index is 11.7. The Morgan fingerprint density at radius 1 is 1.30 bits per heavy atom. The van der Waals surface area contributed by atoms with Crippen LogP contribution in [-0.2, 0) is 9.53 Å². The molecule has 20 heavy (non-hydrogen) atoms. The Hall–Kier alpha value is -1.32. The van der Waals surface area contributed by atoms with Gasteiger partial charge in [-0.15, -0.1) is 0 Å². The molecule has 0 bridgehead atoms. The minimum absolute atomic E-state index is 0.268. The third-order valence-corrected chi connectivity index (χ3v) is 3.82. The first-order valence-corrected chi connectivity index (χ1v) is 7.63. The van der Waals surface area contributed by atoms with Gasteiger partial charge in [0.15, 0.2) is 11.7 Å². The van der Waals surface area contributed by atoms with Gasteiger partial charge >= 0.3 is 5.97 Å². The summed E-state index contributed by atoms with van der Waals surface area (Å²) < 4.78 is 6.33. The van der Waals surface area contributed by atoms with Crippen LogP contribution in [0.3, 0.4) is 0 Å². The molecule has 2 heterocycles. The summed E-state index contributed by atoms with van der Waals surface area (Å²) in [4.78, 5) is 31.0. The van der Waals surface area contributed by atoms with E-state index in [2.05, 4.69) is 47.1 Å². The molecule has 9 heteroatoms. The molecular formula is C11H7Br2N3O3S. The van der Waals surface area contributed by atoms with Crippen LogP contribution >= 0.6 is 43.2 Å². The van der Waals surface area contributed by atoms with E-state index in [9.17, 15) is 9.59 Å². The molecule has 2 rings (SSSR count). The van der Waals surface area contributed by atoms with Gasteiger partial charge in [0.05, 0.1) is 15.5 Å². The monoisotopic (exact) mass is 419 g/mol. The lowest BCUT2D eigenvalue weighted by Gasteiger charge is -2.04. The molecule has 0 radical (unpaired) electrons. The largest absolute Gasteiger partial charge is 0.452 e. The van der Waals surface area contributed by atoms with Crippen molar-refractivity contribution in [2.45, 2.75) is 0 Å². The van der Waals surface area contributed by atoms with Gasteiger partial charge in [-0.25, -0.2) is 9.78 Å². The van der Waals surface area contributed by atoms with E-state index >= 15 is 0 Å².